The number of carbonyl (C=O) groups is 1. The van der Waals surface area contributed by atoms with E-state index in [4.69, 9.17) is 9.15 Å². The molecule has 96 valence electrons. The summed E-state index contributed by atoms with van der Waals surface area (Å²) in [6.45, 7) is 2.27. The van der Waals surface area contributed by atoms with Crippen molar-refractivity contribution in [2.45, 2.75) is 19.4 Å². The number of furan rings is 1. The van der Waals surface area contributed by atoms with Crippen LogP contribution in [-0.4, -0.2) is 33.3 Å². The zero-order valence-corrected chi connectivity index (χ0v) is 10.3. The Morgan fingerprint density at radius 2 is 2.24 bits per heavy atom. The molecule has 0 bridgehead atoms. The average Bonchev–Trinajstić information content (AvgIpc) is 2.81. The molecule has 0 saturated carbocycles. The first-order valence-electron chi connectivity index (χ1n) is 5.64. The van der Waals surface area contributed by atoms with Crippen LogP contribution in [0.5, 0.6) is 0 Å². The molecule has 0 unspecified atom stereocenters. The lowest BCUT2D eigenvalue weighted by Crippen LogP contribution is -2.16. The first-order chi connectivity index (χ1) is 8.29. The fraction of sp³-hybridized carbons (Fsp3) is 0.583. The molecule has 17 heavy (non-hydrogen) atoms. The zero-order chi connectivity index (χ0) is 12.5. The number of hydrogen-bond donors (Lipinski definition) is 1. The molecule has 0 fully saturated rings. The lowest BCUT2D eigenvalue weighted by Gasteiger charge is -2.04. The minimum atomic E-state index is -0.439. The van der Waals surface area contributed by atoms with Gasteiger partial charge in [0.25, 0.3) is 0 Å². The topological polar surface area (TPSA) is 60.7 Å². The van der Waals surface area contributed by atoms with Crippen LogP contribution in [0.25, 0.3) is 0 Å². The highest BCUT2D eigenvalue weighted by Crippen LogP contribution is 2.11. The van der Waals surface area contributed by atoms with Crippen molar-refractivity contribution >= 4 is 5.97 Å². The van der Waals surface area contributed by atoms with Gasteiger partial charge in [0.15, 0.2) is 0 Å². The molecule has 0 radical (unpaired) electrons. The summed E-state index contributed by atoms with van der Waals surface area (Å²) >= 11 is 0. The zero-order valence-electron chi connectivity index (χ0n) is 10.3. The van der Waals surface area contributed by atoms with Crippen molar-refractivity contribution in [2.75, 3.05) is 27.4 Å². The SMILES string of the molecule is COCCCCNCc1ccoc1C(=O)OC. The Kier molecular flexibility index (Phi) is 6.35. The van der Waals surface area contributed by atoms with E-state index in [2.05, 4.69) is 10.1 Å². The summed E-state index contributed by atoms with van der Waals surface area (Å²) < 4.78 is 14.7. The maximum atomic E-state index is 11.3. The van der Waals surface area contributed by atoms with Gasteiger partial charge in [-0.1, -0.05) is 0 Å². The molecule has 0 saturated heterocycles. The van der Waals surface area contributed by atoms with Crippen molar-refractivity contribution in [3.05, 3.63) is 23.7 Å². The molecule has 0 amide bonds. The van der Waals surface area contributed by atoms with Crippen molar-refractivity contribution in [3.8, 4) is 0 Å². The van der Waals surface area contributed by atoms with Gasteiger partial charge in [-0.25, -0.2) is 4.79 Å². The van der Waals surface area contributed by atoms with E-state index >= 15 is 0 Å². The van der Waals surface area contributed by atoms with E-state index < -0.39 is 5.97 Å². The normalized spacial score (nSPS) is 10.5. The second kappa shape index (κ2) is 7.86. The number of ether oxygens (including phenoxy) is 2. The summed E-state index contributed by atoms with van der Waals surface area (Å²) in [6.07, 6.45) is 3.56. The third kappa shape index (κ3) is 4.58. The summed E-state index contributed by atoms with van der Waals surface area (Å²) in [5, 5.41) is 3.24. The quantitative estimate of drug-likeness (QED) is 0.553. The summed E-state index contributed by atoms with van der Waals surface area (Å²) in [5.74, 6) is -0.164. The van der Waals surface area contributed by atoms with E-state index in [9.17, 15) is 4.79 Å². The standard InChI is InChI=1S/C12H19NO4/c1-15-7-4-3-6-13-9-10-5-8-17-11(10)12(14)16-2/h5,8,13H,3-4,6-7,9H2,1-2H3. The van der Waals surface area contributed by atoms with Crippen molar-refractivity contribution in [2.24, 2.45) is 0 Å². The highest BCUT2D eigenvalue weighted by Gasteiger charge is 2.14. The van der Waals surface area contributed by atoms with Crippen molar-refractivity contribution in [3.63, 3.8) is 0 Å². The third-order valence-electron chi connectivity index (χ3n) is 2.39. The van der Waals surface area contributed by atoms with Crippen LogP contribution < -0.4 is 5.32 Å². The summed E-state index contributed by atoms with van der Waals surface area (Å²) in [7, 11) is 3.04. The fourth-order valence-corrected chi connectivity index (χ4v) is 1.47. The van der Waals surface area contributed by atoms with Crippen molar-refractivity contribution in [1.29, 1.82) is 0 Å². The van der Waals surface area contributed by atoms with Crippen LogP contribution in [-0.2, 0) is 16.0 Å². The summed E-state index contributed by atoms with van der Waals surface area (Å²) in [6, 6.07) is 1.77. The molecule has 0 spiro atoms. The molecule has 1 N–H and O–H groups in total. The number of carbonyl (C=O) groups excluding carboxylic acids is 1. The molecule has 0 aromatic carbocycles. The molecule has 1 aromatic heterocycles. The van der Waals surface area contributed by atoms with Crippen LogP contribution in [0, 0.1) is 0 Å². The Morgan fingerprint density at radius 1 is 1.41 bits per heavy atom. The molecule has 1 rings (SSSR count). The van der Waals surface area contributed by atoms with Gasteiger partial charge in [-0.05, 0) is 25.5 Å². The van der Waals surface area contributed by atoms with Crippen molar-refractivity contribution < 1.29 is 18.7 Å². The van der Waals surface area contributed by atoms with E-state index in [1.54, 1.807) is 13.2 Å². The van der Waals surface area contributed by atoms with Crippen LogP contribution in [0.1, 0.15) is 29.0 Å². The highest BCUT2D eigenvalue weighted by molar-refractivity contribution is 5.87. The fourth-order valence-electron chi connectivity index (χ4n) is 1.47. The largest absolute Gasteiger partial charge is 0.463 e. The summed E-state index contributed by atoms with van der Waals surface area (Å²) in [4.78, 5) is 11.3. The average molecular weight is 241 g/mol. The number of rotatable bonds is 8. The first-order valence-corrected chi connectivity index (χ1v) is 5.64. The molecule has 1 heterocycles. The van der Waals surface area contributed by atoms with Crippen LogP contribution in [0.3, 0.4) is 0 Å². The maximum Gasteiger partial charge on any atom is 0.374 e. The predicted molar refractivity (Wildman–Crippen MR) is 62.9 cm³/mol. The van der Waals surface area contributed by atoms with Crippen LogP contribution in [0.4, 0.5) is 0 Å². The molecule has 0 aliphatic rings. The molecule has 5 nitrogen and oxygen atoms in total. The number of unbranched alkanes of at least 4 members (excludes halogenated alkanes) is 1. The Labute approximate surface area is 101 Å². The maximum absolute atomic E-state index is 11.3. The molecular weight excluding hydrogens is 222 g/mol. The van der Waals surface area contributed by atoms with Gasteiger partial charge in [0.05, 0.1) is 13.4 Å². The molecule has 0 aliphatic heterocycles. The van der Waals surface area contributed by atoms with Gasteiger partial charge in [-0.2, -0.15) is 0 Å². The monoisotopic (exact) mass is 241 g/mol. The van der Waals surface area contributed by atoms with Gasteiger partial charge < -0.3 is 19.2 Å². The predicted octanol–water partition coefficient (Wildman–Crippen LogP) is 1.58. The Hall–Kier alpha value is -1.33. The number of esters is 1. The van der Waals surface area contributed by atoms with Gasteiger partial charge in [0.2, 0.25) is 5.76 Å². The number of methoxy groups -OCH3 is 2. The number of nitrogens with one attached hydrogen (secondary N) is 1. The smallest absolute Gasteiger partial charge is 0.374 e. The van der Waals surface area contributed by atoms with Gasteiger partial charge in [-0.15, -0.1) is 0 Å². The van der Waals surface area contributed by atoms with Crippen molar-refractivity contribution in [1.82, 2.24) is 5.32 Å². The third-order valence-corrected chi connectivity index (χ3v) is 2.39. The van der Waals surface area contributed by atoms with Gasteiger partial charge in [0.1, 0.15) is 0 Å². The van der Waals surface area contributed by atoms with Crippen LogP contribution >= 0.6 is 0 Å². The van der Waals surface area contributed by atoms with E-state index in [1.807, 2.05) is 0 Å². The molecule has 1 aromatic rings. The minimum Gasteiger partial charge on any atom is -0.463 e. The highest BCUT2D eigenvalue weighted by atomic mass is 16.5. The summed E-state index contributed by atoms with van der Waals surface area (Å²) in [5.41, 5.74) is 0.823. The Balaban J connectivity index is 2.27. The van der Waals surface area contributed by atoms with E-state index in [1.165, 1.54) is 13.4 Å². The van der Waals surface area contributed by atoms with Gasteiger partial charge in [0, 0.05) is 25.8 Å². The molecule has 0 aliphatic carbocycles. The van der Waals surface area contributed by atoms with Crippen LogP contribution in [0.2, 0.25) is 0 Å². The van der Waals surface area contributed by atoms with Crippen LogP contribution in [0.15, 0.2) is 16.7 Å². The minimum absolute atomic E-state index is 0.275. The second-order valence-corrected chi connectivity index (χ2v) is 3.64. The Morgan fingerprint density at radius 3 is 2.94 bits per heavy atom. The lowest BCUT2D eigenvalue weighted by atomic mass is 10.2. The number of hydrogen-bond acceptors (Lipinski definition) is 5. The van der Waals surface area contributed by atoms with Gasteiger partial charge >= 0.3 is 5.97 Å². The van der Waals surface area contributed by atoms with E-state index in [0.29, 0.717) is 6.54 Å². The molecular formula is C12H19NO4. The first kappa shape index (κ1) is 13.7. The van der Waals surface area contributed by atoms with E-state index in [-0.39, 0.29) is 5.76 Å². The lowest BCUT2D eigenvalue weighted by molar-refractivity contribution is 0.0563. The van der Waals surface area contributed by atoms with E-state index in [0.717, 1.165) is 31.6 Å². The molecule has 5 heteroatoms. The second-order valence-electron chi connectivity index (χ2n) is 3.64. The Bertz CT molecular complexity index is 335. The van der Waals surface area contributed by atoms with Gasteiger partial charge in [-0.3, -0.25) is 0 Å². The molecule has 0 atom stereocenters.